The third kappa shape index (κ3) is 5.29. The first kappa shape index (κ1) is 21.5. The fourth-order valence-corrected chi connectivity index (χ4v) is 4.16. The molecule has 0 unspecified atom stereocenters. The molecule has 4 rings (SSSR count). The Morgan fingerprint density at radius 2 is 1.84 bits per heavy atom. The summed E-state index contributed by atoms with van der Waals surface area (Å²) in [6, 6.07) is 12.6. The highest BCUT2D eigenvalue weighted by atomic mass is 15.3. The van der Waals surface area contributed by atoms with E-state index in [2.05, 4.69) is 57.1 Å². The van der Waals surface area contributed by atoms with Gasteiger partial charge in [-0.05, 0) is 45.5 Å². The third-order valence-corrected chi connectivity index (χ3v) is 5.89. The van der Waals surface area contributed by atoms with Crippen LogP contribution in [0.5, 0.6) is 0 Å². The van der Waals surface area contributed by atoms with Crippen LogP contribution >= 0.6 is 0 Å². The SMILES string of the molecule is Cc1nc(CN(CCCCN)c2cccc3cccnc23)cc(N2CCN(C)CC2)n1. The standard InChI is InChI=1S/C24H33N7/c1-19-27-21(17-23(28-19)30-15-13-29(2)14-16-30)18-31(12-4-3-10-25)22-9-5-7-20-8-6-11-26-24(20)22/h5-9,11,17H,3-4,10,12-16,18,25H2,1-2H3. The van der Waals surface area contributed by atoms with Crippen LogP contribution in [0.4, 0.5) is 11.5 Å². The van der Waals surface area contributed by atoms with Gasteiger partial charge >= 0.3 is 0 Å². The summed E-state index contributed by atoms with van der Waals surface area (Å²) in [6.45, 7) is 8.46. The van der Waals surface area contributed by atoms with Gasteiger partial charge in [0.2, 0.25) is 0 Å². The Morgan fingerprint density at radius 3 is 2.65 bits per heavy atom. The van der Waals surface area contributed by atoms with Gasteiger partial charge in [0.1, 0.15) is 11.6 Å². The summed E-state index contributed by atoms with van der Waals surface area (Å²) in [5.41, 5.74) is 8.99. The summed E-state index contributed by atoms with van der Waals surface area (Å²) in [7, 11) is 2.17. The van der Waals surface area contributed by atoms with Crippen LogP contribution in [0.1, 0.15) is 24.4 Å². The maximum Gasteiger partial charge on any atom is 0.132 e. The maximum atomic E-state index is 5.77. The van der Waals surface area contributed by atoms with E-state index in [9.17, 15) is 0 Å². The number of fused-ring (bicyclic) bond motifs is 1. The van der Waals surface area contributed by atoms with Crippen LogP contribution in [0.25, 0.3) is 10.9 Å². The third-order valence-electron chi connectivity index (χ3n) is 5.89. The van der Waals surface area contributed by atoms with E-state index in [4.69, 9.17) is 15.7 Å². The summed E-state index contributed by atoms with van der Waals surface area (Å²) in [6.07, 6.45) is 3.91. The highest BCUT2D eigenvalue weighted by molar-refractivity contribution is 5.90. The number of benzene rings is 1. The number of rotatable bonds is 8. The van der Waals surface area contributed by atoms with E-state index in [1.54, 1.807) is 0 Å². The van der Waals surface area contributed by atoms with Crippen LogP contribution in [0.15, 0.2) is 42.6 Å². The summed E-state index contributed by atoms with van der Waals surface area (Å²) < 4.78 is 0. The lowest BCUT2D eigenvalue weighted by Crippen LogP contribution is -2.45. The number of unbranched alkanes of at least 4 members (excludes halogenated alkanes) is 1. The van der Waals surface area contributed by atoms with Gasteiger partial charge in [0.15, 0.2) is 0 Å². The molecule has 0 aliphatic carbocycles. The van der Waals surface area contributed by atoms with E-state index >= 15 is 0 Å². The lowest BCUT2D eigenvalue weighted by atomic mass is 10.1. The molecular formula is C24H33N7. The van der Waals surface area contributed by atoms with Gasteiger partial charge in [-0.3, -0.25) is 4.98 Å². The Labute approximate surface area is 184 Å². The van der Waals surface area contributed by atoms with E-state index in [1.165, 1.54) is 0 Å². The number of piperazine rings is 1. The van der Waals surface area contributed by atoms with Crippen LogP contribution in [0.3, 0.4) is 0 Å². The average Bonchev–Trinajstić information content (AvgIpc) is 2.78. The minimum atomic E-state index is 0.710. The van der Waals surface area contributed by atoms with Crippen molar-refractivity contribution in [3.05, 3.63) is 54.1 Å². The van der Waals surface area contributed by atoms with Crippen LogP contribution < -0.4 is 15.5 Å². The Kier molecular flexibility index (Phi) is 6.94. The molecule has 0 saturated carbocycles. The fraction of sp³-hybridized carbons (Fsp3) is 0.458. The van der Waals surface area contributed by atoms with Gasteiger partial charge in [0, 0.05) is 50.4 Å². The summed E-state index contributed by atoms with van der Waals surface area (Å²) in [5.74, 6) is 1.86. The number of nitrogens with two attached hydrogens (primary N) is 1. The van der Waals surface area contributed by atoms with Gasteiger partial charge < -0.3 is 20.4 Å². The molecule has 1 aliphatic heterocycles. The van der Waals surface area contributed by atoms with Gasteiger partial charge in [-0.15, -0.1) is 0 Å². The monoisotopic (exact) mass is 419 g/mol. The summed E-state index contributed by atoms with van der Waals surface area (Å²) in [5, 5.41) is 1.15. The highest BCUT2D eigenvalue weighted by Gasteiger charge is 2.18. The number of aromatic nitrogens is 3. The molecule has 31 heavy (non-hydrogen) atoms. The van der Waals surface area contributed by atoms with Gasteiger partial charge in [0.05, 0.1) is 23.4 Å². The first-order chi connectivity index (χ1) is 15.1. The van der Waals surface area contributed by atoms with Crippen molar-refractivity contribution < 1.29 is 0 Å². The molecule has 0 amide bonds. The zero-order valence-corrected chi connectivity index (χ0v) is 18.7. The van der Waals surface area contributed by atoms with E-state index in [-0.39, 0.29) is 0 Å². The zero-order valence-electron chi connectivity index (χ0n) is 18.7. The van der Waals surface area contributed by atoms with Crippen LogP contribution in [-0.4, -0.2) is 66.2 Å². The molecule has 1 saturated heterocycles. The predicted octanol–water partition coefficient (Wildman–Crippen LogP) is 2.83. The second kappa shape index (κ2) is 10.0. The minimum Gasteiger partial charge on any atom is -0.364 e. The molecule has 0 radical (unpaired) electrons. The van der Waals surface area contributed by atoms with Gasteiger partial charge in [0.25, 0.3) is 0 Å². The van der Waals surface area contributed by atoms with E-state index in [0.29, 0.717) is 6.54 Å². The van der Waals surface area contributed by atoms with Crippen LogP contribution in [-0.2, 0) is 6.54 Å². The second-order valence-electron chi connectivity index (χ2n) is 8.32. The molecule has 1 fully saturated rings. The van der Waals surface area contributed by atoms with Crippen LogP contribution in [0, 0.1) is 6.92 Å². The highest BCUT2D eigenvalue weighted by Crippen LogP contribution is 2.27. The van der Waals surface area contributed by atoms with Gasteiger partial charge in [-0.2, -0.15) is 0 Å². The molecule has 2 aromatic heterocycles. The number of hydrogen-bond donors (Lipinski definition) is 1. The Balaban J connectivity index is 1.62. The number of likely N-dealkylation sites (N-methyl/N-ethyl adjacent to an activating group) is 1. The smallest absolute Gasteiger partial charge is 0.132 e. The molecular weight excluding hydrogens is 386 g/mol. The predicted molar refractivity (Wildman–Crippen MR) is 128 cm³/mol. The van der Waals surface area contributed by atoms with Crippen LogP contribution in [0.2, 0.25) is 0 Å². The Bertz CT molecular complexity index is 993. The summed E-state index contributed by atoms with van der Waals surface area (Å²) >= 11 is 0. The van der Waals surface area contributed by atoms with Crippen molar-refractivity contribution in [1.29, 1.82) is 0 Å². The molecule has 0 atom stereocenters. The quantitative estimate of drug-likeness (QED) is 0.563. The molecule has 0 bridgehead atoms. The van der Waals surface area contributed by atoms with Crippen molar-refractivity contribution in [3.8, 4) is 0 Å². The average molecular weight is 420 g/mol. The second-order valence-corrected chi connectivity index (χ2v) is 8.32. The molecule has 2 N–H and O–H groups in total. The molecule has 7 nitrogen and oxygen atoms in total. The van der Waals surface area contributed by atoms with Crippen molar-refractivity contribution in [3.63, 3.8) is 0 Å². The number of anilines is 2. The lowest BCUT2D eigenvalue weighted by molar-refractivity contribution is 0.312. The Morgan fingerprint density at radius 1 is 1.03 bits per heavy atom. The molecule has 3 aromatic rings. The van der Waals surface area contributed by atoms with Crippen molar-refractivity contribution >= 4 is 22.4 Å². The first-order valence-electron chi connectivity index (χ1n) is 11.2. The van der Waals surface area contributed by atoms with E-state index in [0.717, 1.165) is 86.0 Å². The molecule has 1 aliphatic rings. The zero-order chi connectivity index (χ0) is 21.6. The van der Waals surface area contributed by atoms with Crippen molar-refractivity contribution in [1.82, 2.24) is 19.9 Å². The molecule has 1 aromatic carbocycles. The molecule has 7 heteroatoms. The summed E-state index contributed by atoms with van der Waals surface area (Å²) in [4.78, 5) is 21.3. The lowest BCUT2D eigenvalue weighted by Gasteiger charge is -2.33. The number of hydrogen-bond acceptors (Lipinski definition) is 7. The maximum absolute atomic E-state index is 5.77. The van der Waals surface area contributed by atoms with Gasteiger partial charge in [-0.25, -0.2) is 9.97 Å². The molecule has 164 valence electrons. The van der Waals surface area contributed by atoms with Crippen molar-refractivity contribution in [2.45, 2.75) is 26.3 Å². The fourth-order valence-electron chi connectivity index (χ4n) is 4.16. The first-order valence-corrected chi connectivity index (χ1v) is 11.2. The van der Waals surface area contributed by atoms with E-state index in [1.807, 2.05) is 19.2 Å². The minimum absolute atomic E-state index is 0.710. The largest absolute Gasteiger partial charge is 0.364 e. The number of nitrogens with zero attached hydrogens (tertiary/aromatic N) is 6. The number of pyridine rings is 1. The van der Waals surface area contributed by atoms with Crippen molar-refractivity contribution in [2.24, 2.45) is 5.73 Å². The number of aryl methyl sites for hydroxylation is 1. The number of para-hydroxylation sites is 1. The molecule has 3 heterocycles. The topological polar surface area (TPSA) is 74.4 Å². The Hall–Kier alpha value is -2.77. The molecule has 0 spiro atoms. The normalized spacial score (nSPS) is 14.9. The van der Waals surface area contributed by atoms with Gasteiger partial charge in [-0.1, -0.05) is 18.2 Å². The van der Waals surface area contributed by atoms with Crippen molar-refractivity contribution in [2.75, 3.05) is 56.1 Å². The van der Waals surface area contributed by atoms with E-state index < -0.39 is 0 Å².